The van der Waals surface area contributed by atoms with E-state index >= 15 is 0 Å². The summed E-state index contributed by atoms with van der Waals surface area (Å²) in [4.78, 5) is 12.0. The normalized spacial score (nSPS) is 12.5. The molecule has 0 aliphatic carbocycles. The van der Waals surface area contributed by atoms with Crippen LogP contribution in [-0.2, 0) is 16.0 Å². The van der Waals surface area contributed by atoms with Crippen LogP contribution in [0.3, 0.4) is 0 Å². The van der Waals surface area contributed by atoms with Gasteiger partial charge in [0.25, 0.3) is 0 Å². The number of methoxy groups -OCH3 is 1. The number of esters is 1. The fraction of sp³-hybridized carbons (Fsp3) is 0.276. The number of hydrogen-bond acceptors (Lipinski definition) is 5. The van der Waals surface area contributed by atoms with Crippen LogP contribution in [0.1, 0.15) is 41.7 Å². The van der Waals surface area contributed by atoms with Crippen LogP contribution in [0, 0.1) is 20.8 Å². The molecule has 0 saturated carbocycles. The summed E-state index contributed by atoms with van der Waals surface area (Å²) >= 11 is 0. The van der Waals surface area contributed by atoms with Gasteiger partial charge < -0.3 is 19.7 Å². The van der Waals surface area contributed by atoms with Gasteiger partial charge in [-0.2, -0.15) is 0 Å². The molecule has 2 N–H and O–H groups in total. The summed E-state index contributed by atoms with van der Waals surface area (Å²) in [6, 6.07) is 6.60. The Bertz CT molecular complexity index is 1150. The maximum Gasteiger partial charge on any atom is 0.331 e. The van der Waals surface area contributed by atoms with Crippen LogP contribution in [-0.4, -0.2) is 29.9 Å². The highest BCUT2D eigenvalue weighted by Crippen LogP contribution is 2.28. The van der Waals surface area contributed by atoms with Crippen LogP contribution >= 0.6 is 0 Å². The lowest BCUT2D eigenvalue weighted by Gasteiger charge is -2.13. The lowest BCUT2D eigenvalue weighted by atomic mass is 9.96. The Labute approximate surface area is 202 Å². The molecule has 180 valence electrons. The molecule has 5 nitrogen and oxygen atoms in total. The Morgan fingerprint density at radius 3 is 2.38 bits per heavy atom. The predicted octanol–water partition coefficient (Wildman–Crippen LogP) is 6.28. The fourth-order valence-electron chi connectivity index (χ4n) is 3.43. The fourth-order valence-corrected chi connectivity index (χ4v) is 3.43. The summed E-state index contributed by atoms with van der Waals surface area (Å²) in [5.74, 6) is 0.119. The standard InChI is InChI=1S/C29H34O5/c1-19(10-12-25-21(3)17-28(33-6)23(5)22(25)4)8-7-9-20(2)16-29(32)34-15-14-24-11-13-26(30)27(31)18-24/h7-13,16-18,30-31H,14-15H2,1-6H3/b9-7?,12-10+,19-8?,20-16?. The van der Waals surface area contributed by atoms with Gasteiger partial charge in [-0.3, -0.25) is 0 Å². The van der Waals surface area contributed by atoms with Gasteiger partial charge >= 0.3 is 5.97 Å². The van der Waals surface area contributed by atoms with E-state index in [1.807, 2.05) is 32.1 Å². The van der Waals surface area contributed by atoms with Gasteiger partial charge in [0, 0.05) is 12.5 Å². The Balaban J connectivity index is 1.91. The summed E-state index contributed by atoms with van der Waals surface area (Å²) in [6.07, 6.45) is 11.8. The quantitative estimate of drug-likeness (QED) is 0.199. The number of allylic oxidation sites excluding steroid dienone is 6. The van der Waals surface area contributed by atoms with E-state index in [1.54, 1.807) is 13.2 Å². The second kappa shape index (κ2) is 12.5. The van der Waals surface area contributed by atoms with Crippen molar-refractivity contribution in [2.24, 2.45) is 0 Å². The van der Waals surface area contributed by atoms with Crippen LogP contribution in [0.2, 0.25) is 0 Å². The van der Waals surface area contributed by atoms with Crippen LogP contribution in [0.15, 0.2) is 65.8 Å². The molecule has 2 rings (SSSR count). The van der Waals surface area contributed by atoms with Crippen LogP contribution in [0.4, 0.5) is 0 Å². The van der Waals surface area contributed by atoms with E-state index in [2.05, 4.69) is 39.0 Å². The molecule has 0 aromatic heterocycles. The molecule has 0 bridgehead atoms. The van der Waals surface area contributed by atoms with Crippen LogP contribution < -0.4 is 4.74 Å². The third-order valence-electron chi connectivity index (χ3n) is 5.58. The number of aryl methyl sites for hydroxylation is 1. The molecule has 0 aliphatic heterocycles. The summed E-state index contributed by atoms with van der Waals surface area (Å²) in [5, 5.41) is 18.8. The molecule has 0 atom stereocenters. The predicted molar refractivity (Wildman–Crippen MR) is 137 cm³/mol. The van der Waals surface area contributed by atoms with Gasteiger partial charge in [-0.25, -0.2) is 4.79 Å². The molecule has 0 heterocycles. The second-order valence-electron chi connectivity index (χ2n) is 8.29. The highest BCUT2D eigenvalue weighted by atomic mass is 16.5. The lowest BCUT2D eigenvalue weighted by Crippen LogP contribution is -2.05. The van der Waals surface area contributed by atoms with Crippen molar-refractivity contribution >= 4 is 12.0 Å². The minimum absolute atomic E-state index is 0.174. The molecule has 34 heavy (non-hydrogen) atoms. The number of ether oxygens (including phenoxy) is 2. The number of benzene rings is 2. The van der Waals surface area contributed by atoms with Crippen molar-refractivity contribution in [1.82, 2.24) is 0 Å². The first-order valence-corrected chi connectivity index (χ1v) is 11.2. The summed E-state index contributed by atoms with van der Waals surface area (Å²) in [6.45, 7) is 10.3. The molecule has 0 radical (unpaired) electrons. The third kappa shape index (κ3) is 7.69. The highest BCUT2D eigenvalue weighted by Gasteiger charge is 2.08. The Hall–Kier alpha value is -3.73. The van der Waals surface area contributed by atoms with Crippen LogP contribution in [0.5, 0.6) is 17.2 Å². The van der Waals surface area contributed by atoms with Gasteiger partial charge in [0.2, 0.25) is 0 Å². The molecule has 2 aromatic rings. The molecule has 0 saturated heterocycles. The SMILES string of the molecule is COc1cc(C)c(/C=C/C(C)=CC=CC(C)=CC(=O)OCCc2ccc(O)c(O)c2)c(C)c1C. The van der Waals surface area contributed by atoms with Crippen molar-refractivity contribution in [2.45, 2.75) is 41.0 Å². The molecule has 2 aromatic carbocycles. The van der Waals surface area contributed by atoms with E-state index in [-0.39, 0.29) is 18.1 Å². The van der Waals surface area contributed by atoms with Crippen LogP contribution in [0.25, 0.3) is 6.08 Å². The zero-order valence-corrected chi connectivity index (χ0v) is 20.8. The summed E-state index contributed by atoms with van der Waals surface area (Å²) in [5.41, 5.74) is 7.33. The maximum atomic E-state index is 12.0. The monoisotopic (exact) mass is 462 g/mol. The first kappa shape index (κ1) is 26.5. The highest BCUT2D eigenvalue weighted by molar-refractivity contribution is 5.83. The lowest BCUT2D eigenvalue weighted by molar-refractivity contribution is -0.137. The zero-order valence-electron chi connectivity index (χ0n) is 20.8. The van der Waals surface area contributed by atoms with E-state index in [0.717, 1.165) is 28.0 Å². The molecular formula is C29H34O5. The van der Waals surface area contributed by atoms with Gasteiger partial charge in [0.05, 0.1) is 13.7 Å². The third-order valence-corrected chi connectivity index (χ3v) is 5.58. The number of phenols is 2. The number of carbonyl (C=O) groups excluding carboxylic acids is 1. The van der Waals surface area contributed by atoms with E-state index in [0.29, 0.717) is 6.42 Å². The average molecular weight is 463 g/mol. The van der Waals surface area contributed by atoms with E-state index < -0.39 is 5.97 Å². The Morgan fingerprint density at radius 1 is 0.971 bits per heavy atom. The Kier molecular flexibility index (Phi) is 9.75. The van der Waals surface area contributed by atoms with E-state index in [1.165, 1.54) is 34.9 Å². The van der Waals surface area contributed by atoms with Gasteiger partial charge in [-0.1, -0.05) is 42.0 Å². The summed E-state index contributed by atoms with van der Waals surface area (Å²) < 4.78 is 10.7. The van der Waals surface area contributed by atoms with Crippen molar-refractivity contribution in [3.05, 3.63) is 93.6 Å². The van der Waals surface area contributed by atoms with Gasteiger partial charge in [-0.15, -0.1) is 0 Å². The number of aromatic hydroxyl groups is 2. The molecule has 0 spiro atoms. The molecule has 0 fully saturated rings. The first-order chi connectivity index (χ1) is 16.1. The topological polar surface area (TPSA) is 76.0 Å². The zero-order chi connectivity index (χ0) is 25.3. The maximum absolute atomic E-state index is 12.0. The van der Waals surface area contributed by atoms with E-state index in [4.69, 9.17) is 9.47 Å². The summed E-state index contributed by atoms with van der Waals surface area (Å²) in [7, 11) is 1.69. The number of rotatable bonds is 9. The largest absolute Gasteiger partial charge is 0.504 e. The number of hydrogen-bond donors (Lipinski definition) is 2. The molecule has 5 heteroatoms. The van der Waals surface area contributed by atoms with Crippen molar-refractivity contribution in [1.29, 1.82) is 0 Å². The van der Waals surface area contributed by atoms with Crippen molar-refractivity contribution in [3.63, 3.8) is 0 Å². The molecule has 0 unspecified atom stereocenters. The van der Waals surface area contributed by atoms with Gasteiger partial charge in [-0.05, 0) is 86.2 Å². The number of phenolic OH excluding ortho intramolecular Hbond substituents is 2. The average Bonchev–Trinajstić information content (AvgIpc) is 2.78. The first-order valence-electron chi connectivity index (χ1n) is 11.2. The molecular weight excluding hydrogens is 428 g/mol. The van der Waals surface area contributed by atoms with Crippen molar-refractivity contribution in [2.75, 3.05) is 13.7 Å². The minimum Gasteiger partial charge on any atom is -0.504 e. The Morgan fingerprint density at radius 2 is 1.71 bits per heavy atom. The van der Waals surface area contributed by atoms with Gasteiger partial charge in [0.1, 0.15) is 5.75 Å². The minimum atomic E-state index is -0.424. The smallest absolute Gasteiger partial charge is 0.331 e. The molecule has 0 amide bonds. The van der Waals surface area contributed by atoms with Crippen molar-refractivity contribution in [3.8, 4) is 17.2 Å². The van der Waals surface area contributed by atoms with Gasteiger partial charge in [0.15, 0.2) is 11.5 Å². The second-order valence-corrected chi connectivity index (χ2v) is 8.29. The number of carbonyl (C=O) groups is 1. The van der Waals surface area contributed by atoms with Crippen molar-refractivity contribution < 1.29 is 24.5 Å². The van der Waals surface area contributed by atoms with E-state index in [9.17, 15) is 15.0 Å². The molecule has 0 aliphatic rings.